The van der Waals surface area contributed by atoms with Gasteiger partial charge in [0.15, 0.2) is 5.96 Å². The third kappa shape index (κ3) is 7.65. The van der Waals surface area contributed by atoms with E-state index in [0.29, 0.717) is 24.6 Å². The molecule has 0 aliphatic carbocycles. The second kappa shape index (κ2) is 11.6. The van der Waals surface area contributed by atoms with E-state index >= 15 is 0 Å². The zero-order valence-corrected chi connectivity index (χ0v) is 16.3. The Balaban J connectivity index is 1.61. The van der Waals surface area contributed by atoms with Gasteiger partial charge in [-0.1, -0.05) is 24.3 Å². The number of carbonyl (C=O) groups is 1. The van der Waals surface area contributed by atoms with Gasteiger partial charge in [-0.15, -0.1) is 0 Å². The number of amides is 1. The Morgan fingerprint density at radius 2 is 1.71 bits per heavy atom. The fraction of sp³-hybridized carbons (Fsp3) is 0.333. The summed E-state index contributed by atoms with van der Waals surface area (Å²) in [5.41, 5.74) is 1.86. The molecule has 7 heteroatoms. The van der Waals surface area contributed by atoms with Crippen molar-refractivity contribution in [1.29, 1.82) is 0 Å². The number of rotatable bonds is 9. The molecule has 0 aliphatic heterocycles. The summed E-state index contributed by atoms with van der Waals surface area (Å²) < 4.78 is 18.3. The Hall–Kier alpha value is -3.09. The predicted molar refractivity (Wildman–Crippen MR) is 109 cm³/mol. The number of ether oxygens (including phenoxy) is 1. The lowest BCUT2D eigenvalue weighted by Crippen LogP contribution is -2.42. The van der Waals surface area contributed by atoms with Gasteiger partial charge in [-0.2, -0.15) is 0 Å². The summed E-state index contributed by atoms with van der Waals surface area (Å²) in [6, 6.07) is 14.0. The number of halogens is 1. The highest BCUT2D eigenvalue weighted by Gasteiger charge is 2.04. The van der Waals surface area contributed by atoms with Crippen LogP contribution in [0.3, 0.4) is 0 Å². The van der Waals surface area contributed by atoms with E-state index in [2.05, 4.69) is 20.9 Å². The second-order valence-electron chi connectivity index (χ2n) is 6.18. The zero-order chi connectivity index (χ0) is 20.2. The summed E-state index contributed by atoms with van der Waals surface area (Å²) in [7, 11) is 3.35. The van der Waals surface area contributed by atoms with Gasteiger partial charge in [-0.25, -0.2) is 4.39 Å². The number of nitrogens with one attached hydrogen (secondary N) is 3. The van der Waals surface area contributed by atoms with Crippen molar-refractivity contribution in [2.45, 2.75) is 12.8 Å². The van der Waals surface area contributed by atoms with E-state index in [0.717, 1.165) is 18.7 Å². The van der Waals surface area contributed by atoms with Gasteiger partial charge in [0.1, 0.15) is 11.6 Å². The van der Waals surface area contributed by atoms with Crippen LogP contribution in [-0.4, -0.2) is 45.7 Å². The van der Waals surface area contributed by atoms with Gasteiger partial charge in [0.2, 0.25) is 5.91 Å². The Kier molecular flexibility index (Phi) is 8.78. The smallest absolute Gasteiger partial charge is 0.224 e. The van der Waals surface area contributed by atoms with Crippen molar-refractivity contribution in [2.75, 3.05) is 33.8 Å². The van der Waals surface area contributed by atoms with Gasteiger partial charge in [0.05, 0.1) is 13.5 Å². The van der Waals surface area contributed by atoms with Crippen LogP contribution in [-0.2, 0) is 17.6 Å². The first-order valence-corrected chi connectivity index (χ1v) is 9.19. The maximum Gasteiger partial charge on any atom is 0.224 e. The van der Waals surface area contributed by atoms with Crippen molar-refractivity contribution in [2.24, 2.45) is 4.99 Å². The molecule has 0 saturated heterocycles. The highest BCUT2D eigenvalue weighted by atomic mass is 19.1. The number of guanidine groups is 1. The topological polar surface area (TPSA) is 74.8 Å². The van der Waals surface area contributed by atoms with Crippen LogP contribution in [0, 0.1) is 5.82 Å². The summed E-state index contributed by atoms with van der Waals surface area (Å²) in [5.74, 6) is 1.04. The molecule has 0 saturated carbocycles. The Morgan fingerprint density at radius 1 is 1.00 bits per heavy atom. The van der Waals surface area contributed by atoms with Crippen LogP contribution >= 0.6 is 0 Å². The average Bonchev–Trinajstić information content (AvgIpc) is 2.70. The lowest BCUT2D eigenvalue weighted by atomic mass is 10.1. The van der Waals surface area contributed by atoms with E-state index in [1.807, 2.05) is 24.3 Å². The molecule has 0 heterocycles. The quantitative estimate of drug-likeness (QED) is 0.350. The molecule has 0 spiro atoms. The van der Waals surface area contributed by atoms with Crippen LogP contribution in [0.15, 0.2) is 53.5 Å². The summed E-state index contributed by atoms with van der Waals surface area (Å²) in [5, 5.41) is 9.18. The van der Waals surface area contributed by atoms with Crippen molar-refractivity contribution in [3.63, 3.8) is 0 Å². The first kappa shape index (κ1) is 21.2. The Bertz CT molecular complexity index is 778. The molecule has 28 heavy (non-hydrogen) atoms. The van der Waals surface area contributed by atoms with E-state index < -0.39 is 0 Å². The fourth-order valence-electron chi connectivity index (χ4n) is 2.62. The summed E-state index contributed by atoms with van der Waals surface area (Å²) in [6.07, 6.45) is 1.02. The van der Waals surface area contributed by atoms with Crippen LogP contribution in [0.5, 0.6) is 5.75 Å². The van der Waals surface area contributed by atoms with Crippen LogP contribution in [0.2, 0.25) is 0 Å². The van der Waals surface area contributed by atoms with Crippen LogP contribution in [0.1, 0.15) is 11.1 Å². The van der Waals surface area contributed by atoms with Gasteiger partial charge in [-0.05, 0) is 41.8 Å². The molecule has 0 bridgehead atoms. The number of nitrogens with zero attached hydrogens (tertiary/aromatic N) is 1. The number of hydrogen-bond acceptors (Lipinski definition) is 3. The van der Waals surface area contributed by atoms with E-state index in [-0.39, 0.29) is 18.1 Å². The van der Waals surface area contributed by atoms with Crippen molar-refractivity contribution in [3.8, 4) is 5.75 Å². The number of methoxy groups -OCH3 is 1. The van der Waals surface area contributed by atoms with Gasteiger partial charge >= 0.3 is 0 Å². The number of carbonyl (C=O) groups excluding carboxylic acids is 1. The van der Waals surface area contributed by atoms with E-state index in [1.54, 1.807) is 26.3 Å². The zero-order valence-electron chi connectivity index (χ0n) is 16.3. The van der Waals surface area contributed by atoms with Crippen molar-refractivity contribution in [1.82, 2.24) is 16.0 Å². The molecule has 0 fully saturated rings. The molecule has 6 nitrogen and oxygen atoms in total. The lowest BCUT2D eigenvalue weighted by Gasteiger charge is -2.12. The molecule has 0 unspecified atom stereocenters. The number of hydrogen-bond donors (Lipinski definition) is 3. The normalized spacial score (nSPS) is 11.0. The van der Waals surface area contributed by atoms with Crippen molar-refractivity contribution in [3.05, 3.63) is 65.5 Å². The number of benzene rings is 2. The second-order valence-corrected chi connectivity index (χ2v) is 6.18. The van der Waals surface area contributed by atoms with E-state index in [4.69, 9.17) is 4.74 Å². The van der Waals surface area contributed by atoms with Gasteiger partial charge in [0.25, 0.3) is 0 Å². The van der Waals surface area contributed by atoms with Gasteiger partial charge in [-0.3, -0.25) is 9.79 Å². The SMILES string of the molecule is CN=C(NCCNC(=O)Cc1cccc(F)c1)NCCc1ccc(OC)cc1. The van der Waals surface area contributed by atoms with Crippen LogP contribution < -0.4 is 20.7 Å². The molecule has 2 aromatic carbocycles. The Morgan fingerprint density at radius 3 is 2.39 bits per heavy atom. The van der Waals surface area contributed by atoms with Crippen molar-refractivity contribution < 1.29 is 13.9 Å². The fourth-order valence-corrected chi connectivity index (χ4v) is 2.62. The molecule has 0 atom stereocenters. The monoisotopic (exact) mass is 386 g/mol. The van der Waals surface area contributed by atoms with Crippen LogP contribution in [0.4, 0.5) is 4.39 Å². The lowest BCUT2D eigenvalue weighted by molar-refractivity contribution is -0.120. The maximum absolute atomic E-state index is 13.1. The van der Waals surface area contributed by atoms with Crippen LogP contribution in [0.25, 0.3) is 0 Å². The minimum atomic E-state index is -0.337. The summed E-state index contributed by atoms with van der Waals surface area (Å²) in [4.78, 5) is 16.1. The first-order valence-electron chi connectivity index (χ1n) is 9.19. The molecule has 2 rings (SSSR count). The largest absolute Gasteiger partial charge is 0.497 e. The molecule has 3 N–H and O–H groups in total. The predicted octanol–water partition coefficient (Wildman–Crippen LogP) is 1.90. The minimum absolute atomic E-state index is 0.144. The van der Waals surface area contributed by atoms with Gasteiger partial charge in [0, 0.05) is 26.7 Å². The third-order valence-corrected chi connectivity index (χ3v) is 4.08. The summed E-state index contributed by atoms with van der Waals surface area (Å²) in [6.45, 7) is 1.72. The highest BCUT2D eigenvalue weighted by molar-refractivity contribution is 5.80. The number of aliphatic imine (C=N–C) groups is 1. The van der Waals surface area contributed by atoms with E-state index in [1.165, 1.54) is 17.7 Å². The summed E-state index contributed by atoms with van der Waals surface area (Å²) >= 11 is 0. The first-order chi connectivity index (χ1) is 13.6. The standard InChI is InChI=1S/C21H27FN4O2/c1-23-21(25-11-10-16-6-8-19(28-2)9-7-16)26-13-12-24-20(27)15-17-4-3-5-18(22)14-17/h3-9,14H,10-13,15H2,1-2H3,(H,24,27)(H2,23,25,26). The molecule has 150 valence electrons. The molecule has 0 aliphatic rings. The molecule has 0 radical (unpaired) electrons. The molecule has 2 aromatic rings. The maximum atomic E-state index is 13.1. The molecular weight excluding hydrogens is 359 g/mol. The average molecular weight is 386 g/mol. The van der Waals surface area contributed by atoms with Gasteiger partial charge < -0.3 is 20.7 Å². The van der Waals surface area contributed by atoms with E-state index in [9.17, 15) is 9.18 Å². The van der Waals surface area contributed by atoms with Crippen molar-refractivity contribution >= 4 is 11.9 Å². The highest BCUT2D eigenvalue weighted by Crippen LogP contribution is 2.11. The molecule has 0 aromatic heterocycles. The molecule has 1 amide bonds. The third-order valence-electron chi connectivity index (χ3n) is 4.08. The Labute approximate surface area is 165 Å². The minimum Gasteiger partial charge on any atom is -0.497 e. The molecular formula is C21H27FN4O2.